The average molecular weight is 345 g/mol. The van der Waals surface area contributed by atoms with Crippen LogP contribution in [0.2, 0.25) is 0 Å². The smallest absolute Gasteiger partial charge is 0.259 e. The first-order valence-electron chi connectivity index (χ1n) is 6.21. The number of hydrogen-bond acceptors (Lipinski definition) is 4. The number of pyridine rings is 1. The zero-order valence-electron chi connectivity index (χ0n) is 11.6. The third-order valence-corrected chi connectivity index (χ3v) is 3.40. The molecule has 2 aromatic rings. The molecule has 1 heterocycles. The standard InChI is InChI=1S/C15H13BrN4O/c1-9-4-3-5-13(12(9)7-17)20-15(21)11-6-10(16)8-19-14(11)18-2/h3-6,8H,1-2H3,(H,18,19)(H,20,21). The fraction of sp³-hybridized carbons (Fsp3) is 0.133. The van der Waals surface area contributed by atoms with Gasteiger partial charge in [0.2, 0.25) is 0 Å². The van der Waals surface area contributed by atoms with E-state index in [0.717, 1.165) is 5.56 Å². The summed E-state index contributed by atoms with van der Waals surface area (Å²) < 4.78 is 0.705. The van der Waals surface area contributed by atoms with Crippen molar-refractivity contribution in [3.8, 4) is 6.07 Å². The molecule has 0 fully saturated rings. The van der Waals surface area contributed by atoms with Crippen molar-refractivity contribution in [3.63, 3.8) is 0 Å². The quantitative estimate of drug-likeness (QED) is 0.895. The van der Waals surface area contributed by atoms with Crippen LogP contribution in [0.3, 0.4) is 0 Å². The summed E-state index contributed by atoms with van der Waals surface area (Å²) in [5, 5.41) is 14.8. The Kier molecular flexibility index (Phi) is 4.55. The first kappa shape index (κ1) is 15.0. The Morgan fingerprint density at radius 2 is 2.19 bits per heavy atom. The highest BCUT2D eigenvalue weighted by Crippen LogP contribution is 2.22. The second-order valence-corrected chi connectivity index (χ2v) is 5.28. The molecular formula is C15H13BrN4O. The van der Waals surface area contributed by atoms with Gasteiger partial charge < -0.3 is 10.6 Å². The number of anilines is 2. The van der Waals surface area contributed by atoms with E-state index in [1.165, 1.54) is 0 Å². The van der Waals surface area contributed by atoms with Crippen LogP contribution in [-0.4, -0.2) is 17.9 Å². The lowest BCUT2D eigenvalue weighted by Gasteiger charge is -2.11. The fourth-order valence-corrected chi connectivity index (χ4v) is 2.25. The first-order valence-corrected chi connectivity index (χ1v) is 7.00. The number of benzene rings is 1. The molecular weight excluding hydrogens is 332 g/mol. The Morgan fingerprint density at radius 3 is 2.86 bits per heavy atom. The van der Waals surface area contributed by atoms with Gasteiger partial charge in [-0.1, -0.05) is 12.1 Å². The molecule has 6 heteroatoms. The van der Waals surface area contributed by atoms with Crippen LogP contribution in [0.15, 0.2) is 34.9 Å². The third kappa shape index (κ3) is 3.20. The van der Waals surface area contributed by atoms with Crippen molar-refractivity contribution in [2.45, 2.75) is 6.92 Å². The summed E-state index contributed by atoms with van der Waals surface area (Å²) in [6, 6.07) is 9.11. The van der Waals surface area contributed by atoms with Gasteiger partial charge in [-0.2, -0.15) is 5.26 Å². The lowest BCUT2D eigenvalue weighted by Crippen LogP contribution is -2.16. The van der Waals surface area contributed by atoms with Crippen molar-refractivity contribution in [3.05, 3.63) is 51.6 Å². The number of carbonyl (C=O) groups is 1. The summed E-state index contributed by atoms with van der Waals surface area (Å²) >= 11 is 3.30. The van der Waals surface area contributed by atoms with E-state index in [9.17, 15) is 10.1 Å². The van der Waals surface area contributed by atoms with Crippen LogP contribution in [-0.2, 0) is 0 Å². The van der Waals surface area contributed by atoms with Crippen LogP contribution in [0.1, 0.15) is 21.5 Å². The molecule has 0 aliphatic heterocycles. The first-order chi connectivity index (χ1) is 10.1. The number of amides is 1. The number of aromatic nitrogens is 1. The van der Waals surface area contributed by atoms with E-state index < -0.39 is 0 Å². The number of hydrogen-bond donors (Lipinski definition) is 2. The van der Waals surface area contributed by atoms with Gasteiger partial charge in [-0.05, 0) is 40.5 Å². The summed E-state index contributed by atoms with van der Waals surface area (Å²) in [6.45, 7) is 1.83. The van der Waals surface area contributed by atoms with Gasteiger partial charge in [0.15, 0.2) is 0 Å². The number of halogens is 1. The van der Waals surface area contributed by atoms with Gasteiger partial charge in [-0.15, -0.1) is 0 Å². The summed E-state index contributed by atoms with van der Waals surface area (Å²) in [4.78, 5) is 16.5. The Labute approximate surface area is 131 Å². The van der Waals surface area contributed by atoms with Gasteiger partial charge in [0.05, 0.1) is 16.8 Å². The maximum Gasteiger partial charge on any atom is 0.259 e. The Morgan fingerprint density at radius 1 is 1.43 bits per heavy atom. The van der Waals surface area contributed by atoms with Crippen LogP contribution in [0.25, 0.3) is 0 Å². The average Bonchev–Trinajstić information content (AvgIpc) is 2.47. The van der Waals surface area contributed by atoms with E-state index in [1.807, 2.05) is 13.0 Å². The minimum Gasteiger partial charge on any atom is -0.372 e. The van der Waals surface area contributed by atoms with E-state index in [-0.39, 0.29) is 5.91 Å². The zero-order chi connectivity index (χ0) is 15.4. The summed E-state index contributed by atoms with van der Waals surface area (Å²) in [6.07, 6.45) is 1.61. The molecule has 5 nitrogen and oxygen atoms in total. The van der Waals surface area contributed by atoms with E-state index in [4.69, 9.17) is 0 Å². The highest BCUT2D eigenvalue weighted by atomic mass is 79.9. The van der Waals surface area contributed by atoms with Gasteiger partial charge in [0.1, 0.15) is 11.9 Å². The van der Waals surface area contributed by atoms with Crippen molar-refractivity contribution in [1.29, 1.82) is 5.26 Å². The molecule has 0 unspecified atom stereocenters. The van der Waals surface area contributed by atoms with Gasteiger partial charge in [0, 0.05) is 17.7 Å². The largest absolute Gasteiger partial charge is 0.372 e. The van der Waals surface area contributed by atoms with E-state index in [0.29, 0.717) is 27.1 Å². The molecule has 2 N–H and O–H groups in total. The molecule has 2 rings (SSSR count). The van der Waals surface area contributed by atoms with Gasteiger partial charge in [-0.25, -0.2) is 4.98 Å². The van der Waals surface area contributed by atoms with Crippen molar-refractivity contribution < 1.29 is 4.79 Å². The molecule has 0 aliphatic rings. The molecule has 106 valence electrons. The molecule has 0 saturated carbocycles. The lowest BCUT2D eigenvalue weighted by atomic mass is 10.1. The van der Waals surface area contributed by atoms with Crippen LogP contribution in [0.4, 0.5) is 11.5 Å². The van der Waals surface area contributed by atoms with E-state index in [1.54, 1.807) is 31.4 Å². The van der Waals surface area contributed by atoms with E-state index in [2.05, 4.69) is 37.6 Å². The number of nitrogens with one attached hydrogen (secondary N) is 2. The van der Waals surface area contributed by atoms with Crippen LogP contribution >= 0.6 is 15.9 Å². The van der Waals surface area contributed by atoms with Crippen molar-refractivity contribution >= 4 is 33.3 Å². The van der Waals surface area contributed by atoms with E-state index >= 15 is 0 Å². The predicted molar refractivity (Wildman–Crippen MR) is 85.3 cm³/mol. The predicted octanol–water partition coefficient (Wildman–Crippen LogP) is 3.32. The highest BCUT2D eigenvalue weighted by molar-refractivity contribution is 9.10. The topological polar surface area (TPSA) is 77.8 Å². The lowest BCUT2D eigenvalue weighted by molar-refractivity contribution is 0.102. The highest BCUT2D eigenvalue weighted by Gasteiger charge is 2.15. The number of carbonyl (C=O) groups excluding carboxylic acids is 1. The van der Waals surface area contributed by atoms with Crippen molar-refractivity contribution in [1.82, 2.24) is 4.98 Å². The SMILES string of the molecule is CNc1ncc(Br)cc1C(=O)Nc1cccc(C)c1C#N. The monoisotopic (exact) mass is 344 g/mol. The van der Waals surface area contributed by atoms with Crippen molar-refractivity contribution in [2.24, 2.45) is 0 Å². The number of rotatable bonds is 3. The molecule has 0 aliphatic carbocycles. The van der Waals surface area contributed by atoms with Crippen LogP contribution in [0.5, 0.6) is 0 Å². The second-order valence-electron chi connectivity index (χ2n) is 4.36. The summed E-state index contributed by atoms with van der Waals surface area (Å²) in [7, 11) is 1.69. The van der Waals surface area contributed by atoms with Gasteiger partial charge >= 0.3 is 0 Å². The Balaban J connectivity index is 2.38. The summed E-state index contributed by atoms with van der Waals surface area (Å²) in [5.41, 5.74) is 2.16. The molecule has 1 aromatic carbocycles. The molecule has 1 amide bonds. The third-order valence-electron chi connectivity index (χ3n) is 2.97. The molecule has 0 spiro atoms. The molecule has 1 aromatic heterocycles. The Bertz CT molecular complexity index is 737. The zero-order valence-corrected chi connectivity index (χ0v) is 13.2. The minimum atomic E-state index is -0.324. The minimum absolute atomic E-state index is 0.324. The van der Waals surface area contributed by atoms with Crippen LogP contribution < -0.4 is 10.6 Å². The number of nitrogens with zero attached hydrogens (tertiary/aromatic N) is 2. The molecule has 0 bridgehead atoms. The fourth-order valence-electron chi connectivity index (χ4n) is 1.92. The van der Waals surface area contributed by atoms with Crippen molar-refractivity contribution in [2.75, 3.05) is 17.7 Å². The van der Waals surface area contributed by atoms with Crippen LogP contribution in [0, 0.1) is 18.3 Å². The summed E-state index contributed by atoms with van der Waals surface area (Å²) in [5.74, 6) is 0.150. The van der Waals surface area contributed by atoms with Gasteiger partial charge in [0.25, 0.3) is 5.91 Å². The normalized spacial score (nSPS) is 9.81. The van der Waals surface area contributed by atoms with Gasteiger partial charge in [-0.3, -0.25) is 4.79 Å². The Hall–Kier alpha value is -2.39. The second kappa shape index (κ2) is 6.37. The number of nitriles is 1. The molecule has 0 radical (unpaired) electrons. The molecule has 0 saturated heterocycles. The molecule has 0 atom stereocenters. The number of aryl methyl sites for hydroxylation is 1. The molecule has 21 heavy (non-hydrogen) atoms. The maximum atomic E-state index is 12.4. The maximum absolute atomic E-state index is 12.4.